The Hall–Kier alpha value is -3.48. The normalized spacial score (nSPS) is 13.9. The first-order valence-corrected chi connectivity index (χ1v) is 13.7. The number of fused-ring (bicyclic) bond motifs is 1. The standard InChI is InChI=1S/C24H27ClN6O5S/c25-19-5-1-3-16(11-19)15-37(35,36)30-21(24(33)34)13-27-23(32)18-12-28-31(14-18)10-8-20-7-6-17-4-2-9-26-22(17)29-20/h1,3,5-7,11-12,14,21,30H,2,4,8-10,13,15H2,(H,26,29)(H,27,32)(H,33,34). The molecule has 4 N–H and O–H groups in total. The van der Waals surface area contributed by atoms with Gasteiger partial charge >= 0.3 is 5.97 Å². The molecule has 3 aromatic rings. The molecule has 0 saturated carbocycles. The number of nitrogens with one attached hydrogen (secondary N) is 3. The Morgan fingerprint density at radius 2 is 2.08 bits per heavy atom. The molecule has 196 valence electrons. The minimum Gasteiger partial charge on any atom is -0.480 e. The van der Waals surface area contributed by atoms with E-state index < -0.39 is 40.2 Å². The van der Waals surface area contributed by atoms with Gasteiger partial charge in [-0.3, -0.25) is 14.3 Å². The van der Waals surface area contributed by atoms with Gasteiger partial charge in [-0.15, -0.1) is 0 Å². The summed E-state index contributed by atoms with van der Waals surface area (Å²) in [4.78, 5) is 28.8. The number of hydrogen-bond acceptors (Lipinski definition) is 7. The summed E-state index contributed by atoms with van der Waals surface area (Å²) in [6.45, 7) is 0.966. The summed E-state index contributed by atoms with van der Waals surface area (Å²) in [5.74, 6) is -1.52. The Bertz CT molecular complexity index is 1390. The molecular weight excluding hydrogens is 520 g/mol. The van der Waals surface area contributed by atoms with Crippen molar-refractivity contribution in [3.63, 3.8) is 0 Å². The van der Waals surface area contributed by atoms with Crippen LogP contribution in [-0.2, 0) is 40.0 Å². The number of aliphatic carboxylic acids is 1. The van der Waals surface area contributed by atoms with E-state index in [0.717, 1.165) is 30.9 Å². The highest BCUT2D eigenvalue weighted by Gasteiger charge is 2.25. The van der Waals surface area contributed by atoms with Crippen molar-refractivity contribution in [1.82, 2.24) is 24.8 Å². The smallest absolute Gasteiger partial charge is 0.323 e. The van der Waals surface area contributed by atoms with Crippen LogP contribution in [-0.4, -0.2) is 59.3 Å². The molecule has 1 unspecified atom stereocenters. The van der Waals surface area contributed by atoms with Crippen LogP contribution in [0, 0.1) is 0 Å². The number of pyridine rings is 1. The van der Waals surface area contributed by atoms with Crippen LogP contribution >= 0.6 is 11.6 Å². The van der Waals surface area contributed by atoms with Crippen molar-refractivity contribution in [2.24, 2.45) is 0 Å². The Kier molecular flexibility index (Phi) is 8.41. The predicted octanol–water partition coefficient (Wildman–Crippen LogP) is 1.83. The number of aromatic nitrogens is 3. The second kappa shape index (κ2) is 11.7. The molecule has 3 heterocycles. The zero-order valence-corrected chi connectivity index (χ0v) is 21.4. The fourth-order valence-electron chi connectivity index (χ4n) is 3.92. The third-order valence-corrected chi connectivity index (χ3v) is 7.37. The summed E-state index contributed by atoms with van der Waals surface area (Å²) in [5.41, 5.74) is 2.75. The largest absolute Gasteiger partial charge is 0.480 e. The van der Waals surface area contributed by atoms with E-state index in [-0.39, 0.29) is 5.56 Å². The summed E-state index contributed by atoms with van der Waals surface area (Å²) < 4.78 is 28.6. The Morgan fingerprint density at radius 1 is 1.24 bits per heavy atom. The Balaban J connectivity index is 1.30. The van der Waals surface area contributed by atoms with Crippen LogP contribution in [0.5, 0.6) is 0 Å². The van der Waals surface area contributed by atoms with Crippen molar-refractivity contribution in [2.45, 2.75) is 37.6 Å². The zero-order valence-electron chi connectivity index (χ0n) is 19.9. The molecular formula is C24H27ClN6O5S. The van der Waals surface area contributed by atoms with Gasteiger partial charge in [0.25, 0.3) is 5.91 Å². The molecule has 0 radical (unpaired) electrons. The third-order valence-electron chi connectivity index (χ3n) is 5.78. The Labute approximate surface area is 219 Å². The number of amides is 1. The van der Waals surface area contributed by atoms with Crippen molar-refractivity contribution in [1.29, 1.82) is 0 Å². The number of benzene rings is 1. The summed E-state index contributed by atoms with van der Waals surface area (Å²) in [5, 5.41) is 19.8. The number of sulfonamides is 1. The van der Waals surface area contributed by atoms with Gasteiger partial charge < -0.3 is 15.7 Å². The lowest BCUT2D eigenvalue weighted by molar-refractivity contribution is -0.138. The van der Waals surface area contributed by atoms with Crippen molar-refractivity contribution in [3.8, 4) is 0 Å². The van der Waals surface area contributed by atoms with Crippen LogP contribution < -0.4 is 15.4 Å². The maximum absolute atomic E-state index is 12.5. The highest BCUT2D eigenvalue weighted by molar-refractivity contribution is 7.88. The SMILES string of the molecule is O=C(NCC(NS(=O)(=O)Cc1cccc(Cl)c1)C(=O)O)c1cnn(CCc2ccc3c(n2)NCCC3)c1. The average molecular weight is 547 g/mol. The summed E-state index contributed by atoms with van der Waals surface area (Å²) in [6, 6.07) is 8.77. The van der Waals surface area contributed by atoms with Crippen LogP contribution in [0.1, 0.15) is 33.6 Å². The monoisotopic (exact) mass is 546 g/mol. The fraction of sp³-hybridized carbons (Fsp3) is 0.333. The predicted molar refractivity (Wildman–Crippen MR) is 138 cm³/mol. The lowest BCUT2D eigenvalue weighted by Gasteiger charge is -2.17. The van der Waals surface area contributed by atoms with E-state index in [0.29, 0.717) is 23.6 Å². The van der Waals surface area contributed by atoms with Crippen LogP contribution in [0.2, 0.25) is 5.02 Å². The van der Waals surface area contributed by atoms with Crippen molar-refractivity contribution in [2.75, 3.05) is 18.4 Å². The molecule has 1 amide bonds. The summed E-state index contributed by atoms with van der Waals surface area (Å²) >= 11 is 5.88. The number of carbonyl (C=O) groups excluding carboxylic acids is 1. The van der Waals surface area contributed by atoms with Crippen LogP contribution in [0.4, 0.5) is 5.82 Å². The first-order chi connectivity index (χ1) is 17.7. The molecule has 1 aromatic carbocycles. The minimum absolute atomic E-state index is 0.228. The lowest BCUT2D eigenvalue weighted by Crippen LogP contribution is -2.48. The average Bonchev–Trinajstić information content (AvgIpc) is 3.34. The third kappa shape index (κ3) is 7.51. The van der Waals surface area contributed by atoms with E-state index in [2.05, 4.69) is 31.5 Å². The molecule has 0 saturated heterocycles. The number of carboxylic acid groups (broad SMARTS) is 1. The molecule has 1 atom stereocenters. The molecule has 13 heteroatoms. The molecule has 4 rings (SSSR count). The number of nitrogens with zero attached hydrogens (tertiary/aromatic N) is 3. The molecule has 0 bridgehead atoms. The molecule has 2 aromatic heterocycles. The fourth-order valence-corrected chi connectivity index (χ4v) is 5.45. The number of hydrogen-bond donors (Lipinski definition) is 4. The maximum atomic E-state index is 12.5. The van der Waals surface area contributed by atoms with Crippen molar-refractivity contribution in [3.05, 3.63) is 76.2 Å². The number of halogens is 1. The van der Waals surface area contributed by atoms with Crippen molar-refractivity contribution < 1.29 is 23.1 Å². The van der Waals surface area contributed by atoms with E-state index in [9.17, 15) is 23.1 Å². The van der Waals surface area contributed by atoms with Crippen LogP contribution in [0.3, 0.4) is 0 Å². The Morgan fingerprint density at radius 3 is 2.86 bits per heavy atom. The van der Waals surface area contributed by atoms with Crippen molar-refractivity contribution >= 4 is 39.3 Å². The first-order valence-electron chi connectivity index (χ1n) is 11.7. The molecule has 1 aliphatic heterocycles. The molecule has 11 nitrogen and oxygen atoms in total. The number of rotatable bonds is 11. The van der Waals surface area contributed by atoms with Gasteiger partial charge in [-0.25, -0.2) is 13.4 Å². The molecule has 0 spiro atoms. The van der Waals surface area contributed by atoms with Gasteiger partial charge in [-0.1, -0.05) is 29.8 Å². The summed E-state index contributed by atoms with van der Waals surface area (Å²) in [6.07, 6.45) is 5.64. The molecule has 0 aliphatic carbocycles. The first kappa shape index (κ1) is 26.6. The van der Waals surface area contributed by atoms with Crippen LogP contribution in [0.15, 0.2) is 48.8 Å². The maximum Gasteiger partial charge on any atom is 0.323 e. The van der Waals surface area contributed by atoms with Gasteiger partial charge in [0.2, 0.25) is 10.0 Å². The molecule has 0 fully saturated rings. The number of aryl methyl sites for hydroxylation is 3. The lowest BCUT2D eigenvalue weighted by atomic mass is 10.1. The number of carbonyl (C=O) groups is 2. The summed E-state index contributed by atoms with van der Waals surface area (Å²) in [7, 11) is -4.01. The number of anilines is 1. The van der Waals surface area contributed by atoms with Crippen LogP contribution in [0.25, 0.3) is 0 Å². The topological polar surface area (TPSA) is 155 Å². The quantitative estimate of drug-likeness (QED) is 0.284. The molecule has 1 aliphatic rings. The second-order valence-electron chi connectivity index (χ2n) is 8.69. The van der Waals surface area contributed by atoms with E-state index >= 15 is 0 Å². The van der Waals surface area contributed by atoms with E-state index in [1.54, 1.807) is 29.1 Å². The van der Waals surface area contributed by atoms with Gasteiger partial charge in [0.1, 0.15) is 11.9 Å². The highest BCUT2D eigenvalue weighted by atomic mass is 35.5. The van der Waals surface area contributed by atoms with E-state index in [4.69, 9.17) is 11.6 Å². The van der Waals surface area contributed by atoms with Gasteiger partial charge in [-0.05, 0) is 42.2 Å². The highest BCUT2D eigenvalue weighted by Crippen LogP contribution is 2.20. The van der Waals surface area contributed by atoms with E-state index in [1.165, 1.54) is 17.8 Å². The van der Waals surface area contributed by atoms with Gasteiger partial charge in [0.05, 0.1) is 17.5 Å². The van der Waals surface area contributed by atoms with Gasteiger partial charge in [0.15, 0.2) is 0 Å². The zero-order chi connectivity index (χ0) is 26.4. The van der Waals surface area contributed by atoms with Gasteiger partial charge in [-0.2, -0.15) is 9.82 Å². The second-order valence-corrected chi connectivity index (χ2v) is 10.9. The van der Waals surface area contributed by atoms with Gasteiger partial charge in [0, 0.05) is 43.0 Å². The number of carboxylic acids is 1. The van der Waals surface area contributed by atoms with E-state index in [1.807, 2.05) is 6.07 Å². The molecule has 37 heavy (non-hydrogen) atoms. The minimum atomic E-state index is -4.01.